The van der Waals surface area contributed by atoms with Gasteiger partial charge in [-0.25, -0.2) is 0 Å². The molecule has 1 unspecified atom stereocenters. The third-order valence-electron chi connectivity index (χ3n) is 2.63. The van der Waals surface area contributed by atoms with Crippen molar-refractivity contribution >= 4 is 23.2 Å². The van der Waals surface area contributed by atoms with Crippen LogP contribution in [-0.4, -0.2) is 5.88 Å². The second kappa shape index (κ2) is 5.38. The molecule has 0 saturated carbocycles. The van der Waals surface area contributed by atoms with Crippen LogP contribution in [0.1, 0.15) is 17.0 Å². The van der Waals surface area contributed by atoms with Crippen LogP contribution in [0, 0.1) is 0 Å². The third-order valence-corrected chi connectivity index (χ3v) is 3.19. The van der Waals surface area contributed by atoms with Gasteiger partial charge in [-0.3, -0.25) is 0 Å². The van der Waals surface area contributed by atoms with Gasteiger partial charge in [-0.1, -0.05) is 54.1 Å². The van der Waals surface area contributed by atoms with Gasteiger partial charge in [0, 0.05) is 16.8 Å². The minimum atomic E-state index is 0.236. The summed E-state index contributed by atoms with van der Waals surface area (Å²) in [5.74, 6) is 0.811. The summed E-state index contributed by atoms with van der Waals surface area (Å²) in [4.78, 5) is 0. The Bertz CT molecular complexity index is 434. The summed E-state index contributed by atoms with van der Waals surface area (Å²) in [6.07, 6.45) is 0. The number of benzene rings is 2. The molecule has 0 nitrogen and oxygen atoms in total. The summed E-state index contributed by atoms with van der Waals surface area (Å²) in [6.45, 7) is 0. The molecule has 0 radical (unpaired) electrons. The van der Waals surface area contributed by atoms with E-state index in [0.29, 0.717) is 5.88 Å². The molecule has 0 spiro atoms. The van der Waals surface area contributed by atoms with Gasteiger partial charge in [-0.05, 0) is 23.3 Å². The molecular weight excluding hydrogens is 239 g/mol. The Labute approximate surface area is 106 Å². The number of alkyl halides is 1. The second-order valence-electron chi connectivity index (χ2n) is 3.67. The van der Waals surface area contributed by atoms with E-state index in [4.69, 9.17) is 23.2 Å². The zero-order chi connectivity index (χ0) is 11.4. The van der Waals surface area contributed by atoms with Gasteiger partial charge in [-0.15, -0.1) is 11.6 Å². The first-order valence-corrected chi connectivity index (χ1v) is 6.09. The molecule has 82 valence electrons. The fourth-order valence-corrected chi connectivity index (χ4v) is 2.23. The topological polar surface area (TPSA) is 0 Å². The molecule has 2 rings (SSSR count). The van der Waals surface area contributed by atoms with Gasteiger partial charge in [0.15, 0.2) is 0 Å². The fraction of sp³-hybridized carbons (Fsp3) is 0.143. The summed E-state index contributed by atoms with van der Waals surface area (Å²) in [5.41, 5.74) is 2.44. The van der Waals surface area contributed by atoms with E-state index in [1.807, 2.05) is 42.5 Å². The molecule has 0 aliphatic carbocycles. The maximum atomic E-state index is 6.04. The average molecular weight is 251 g/mol. The van der Waals surface area contributed by atoms with E-state index < -0.39 is 0 Å². The monoisotopic (exact) mass is 250 g/mol. The van der Waals surface area contributed by atoms with Gasteiger partial charge in [0.05, 0.1) is 0 Å². The van der Waals surface area contributed by atoms with E-state index in [0.717, 1.165) is 5.02 Å². The van der Waals surface area contributed by atoms with Crippen LogP contribution in [-0.2, 0) is 0 Å². The number of halogens is 2. The van der Waals surface area contributed by atoms with Crippen LogP contribution in [0.25, 0.3) is 0 Å². The molecule has 0 heterocycles. The number of hydrogen-bond donors (Lipinski definition) is 0. The summed E-state index contributed by atoms with van der Waals surface area (Å²) in [5, 5.41) is 0.755. The van der Waals surface area contributed by atoms with Crippen molar-refractivity contribution in [1.82, 2.24) is 0 Å². The molecule has 2 heteroatoms. The van der Waals surface area contributed by atoms with Crippen LogP contribution in [0.3, 0.4) is 0 Å². The molecule has 0 aliphatic heterocycles. The largest absolute Gasteiger partial charge is 0.126 e. The Morgan fingerprint density at radius 3 is 1.94 bits per heavy atom. The van der Waals surface area contributed by atoms with E-state index in [1.165, 1.54) is 11.1 Å². The smallest absolute Gasteiger partial charge is 0.0406 e. The van der Waals surface area contributed by atoms with E-state index in [2.05, 4.69) is 12.1 Å². The number of rotatable bonds is 3. The highest BCUT2D eigenvalue weighted by Crippen LogP contribution is 2.26. The highest BCUT2D eigenvalue weighted by atomic mass is 35.5. The van der Waals surface area contributed by atoms with E-state index >= 15 is 0 Å². The molecule has 2 aromatic rings. The lowest BCUT2D eigenvalue weighted by molar-refractivity contribution is 0.931. The lowest BCUT2D eigenvalue weighted by atomic mass is 9.93. The van der Waals surface area contributed by atoms with Crippen LogP contribution in [0.4, 0.5) is 0 Å². The molecule has 16 heavy (non-hydrogen) atoms. The summed E-state index contributed by atoms with van der Waals surface area (Å²) < 4.78 is 0. The normalized spacial score (nSPS) is 12.4. The van der Waals surface area contributed by atoms with E-state index in [9.17, 15) is 0 Å². The van der Waals surface area contributed by atoms with Crippen molar-refractivity contribution in [3.8, 4) is 0 Å². The predicted molar refractivity (Wildman–Crippen MR) is 70.5 cm³/mol. The highest BCUT2D eigenvalue weighted by Gasteiger charge is 2.12. The SMILES string of the molecule is ClCC(c1ccccc1)c1ccc(Cl)cc1. The lowest BCUT2D eigenvalue weighted by Crippen LogP contribution is -2.02. The van der Waals surface area contributed by atoms with E-state index in [1.54, 1.807) is 0 Å². The maximum Gasteiger partial charge on any atom is 0.0406 e. The molecule has 2 aromatic carbocycles. The molecule has 0 aromatic heterocycles. The van der Waals surface area contributed by atoms with Crippen molar-refractivity contribution in [2.75, 3.05) is 5.88 Å². The zero-order valence-corrected chi connectivity index (χ0v) is 10.2. The Morgan fingerprint density at radius 1 is 0.812 bits per heavy atom. The molecule has 0 aliphatic rings. The molecule has 0 saturated heterocycles. The standard InChI is InChI=1S/C14H12Cl2/c15-10-14(11-4-2-1-3-5-11)12-6-8-13(16)9-7-12/h1-9,14H,10H2. The van der Waals surface area contributed by atoms with Crippen LogP contribution in [0.15, 0.2) is 54.6 Å². The molecule has 0 fully saturated rings. The van der Waals surface area contributed by atoms with E-state index in [-0.39, 0.29) is 5.92 Å². The third kappa shape index (κ3) is 2.58. The zero-order valence-electron chi connectivity index (χ0n) is 8.74. The van der Waals surface area contributed by atoms with Gasteiger partial charge >= 0.3 is 0 Å². The Hall–Kier alpha value is -0.980. The summed E-state index contributed by atoms with van der Waals surface area (Å²) in [6, 6.07) is 18.1. The summed E-state index contributed by atoms with van der Waals surface area (Å²) >= 11 is 11.9. The van der Waals surface area contributed by atoms with Crippen molar-refractivity contribution in [2.24, 2.45) is 0 Å². The first-order chi connectivity index (χ1) is 7.81. The Morgan fingerprint density at radius 2 is 1.38 bits per heavy atom. The van der Waals surface area contributed by atoms with Gasteiger partial charge < -0.3 is 0 Å². The highest BCUT2D eigenvalue weighted by molar-refractivity contribution is 6.30. The van der Waals surface area contributed by atoms with Crippen molar-refractivity contribution in [1.29, 1.82) is 0 Å². The van der Waals surface area contributed by atoms with Crippen LogP contribution >= 0.6 is 23.2 Å². The van der Waals surface area contributed by atoms with Gasteiger partial charge in [0.2, 0.25) is 0 Å². The lowest BCUT2D eigenvalue weighted by Gasteiger charge is -2.14. The van der Waals surface area contributed by atoms with Crippen molar-refractivity contribution in [3.05, 3.63) is 70.7 Å². The van der Waals surface area contributed by atoms with Gasteiger partial charge in [0.25, 0.3) is 0 Å². The maximum absolute atomic E-state index is 6.04. The van der Waals surface area contributed by atoms with Gasteiger partial charge in [-0.2, -0.15) is 0 Å². The summed E-state index contributed by atoms with van der Waals surface area (Å²) in [7, 11) is 0. The number of hydrogen-bond acceptors (Lipinski definition) is 0. The van der Waals surface area contributed by atoms with Crippen molar-refractivity contribution < 1.29 is 0 Å². The van der Waals surface area contributed by atoms with Crippen molar-refractivity contribution in [2.45, 2.75) is 5.92 Å². The minimum Gasteiger partial charge on any atom is -0.126 e. The predicted octanol–water partition coefficient (Wildman–Crippen LogP) is 4.71. The molecular formula is C14H12Cl2. The van der Waals surface area contributed by atoms with Crippen LogP contribution in [0.2, 0.25) is 5.02 Å². The molecule has 1 atom stereocenters. The molecule has 0 bridgehead atoms. The van der Waals surface area contributed by atoms with Gasteiger partial charge in [0.1, 0.15) is 0 Å². The average Bonchev–Trinajstić information content (AvgIpc) is 2.34. The minimum absolute atomic E-state index is 0.236. The first kappa shape index (κ1) is 11.5. The first-order valence-electron chi connectivity index (χ1n) is 5.17. The van der Waals surface area contributed by atoms with Crippen LogP contribution in [0.5, 0.6) is 0 Å². The quantitative estimate of drug-likeness (QED) is 0.693. The Kier molecular flexibility index (Phi) is 3.87. The van der Waals surface area contributed by atoms with Crippen molar-refractivity contribution in [3.63, 3.8) is 0 Å². The van der Waals surface area contributed by atoms with Crippen LogP contribution < -0.4 is 0 Å². The fourth-order valence-electron chi connectivity index (χ4n) is 1.75. The molecule has 0 N–H and O–H groups in total. The second-order valence-corrected chi connectivity index (χ2v) is 4.41. The molecule has 0 amide bonds. The Balaban J connectivity index is 2.33.